The van der Waals surface area contributed by atoms with Crippen molar-refractivity contribution in [1.82, 2.24) is 5.43 Å². The monoisotopic (exact) mass is 128 g/mol. The highest BCUT2D eigenvalue weighted by Crippen LogP contribution is 2.29. The second-order valence-electron chi connectivity index (χ2n) is 3.10. The van der Waals surface area contributed by atoms with Crippen LogP contribution < -0.4 is 11.3 Å². The van der Waals surface area contributed by atoms with Crippen LogP contribution in [0.4, 0.5) is 0 Å². The van der Waals surface area contributed by atoms with Crippen molar-refractivity contribution in [3.8, 4) is 0 Å². The first-order valence-electron chi connectivity index (χ1n) is 3.79. The summed E-state index contributed by atoms with van der Waals surface area (Å²) in [7, 11) is 0. The third kappa shape index (κ3) is 1.95. The van der Waals surface area contributed by atoms with Gasteiger partial charge in [0.05, 0.1) is 0 Å². The minimum atomic E-state index is 0.510. The quantitative estimate of drug-likeness (QED) is 0.440. The number of rotatable bonds is 3. The fraction of sp³-hybridized carbons (Fsp3) is 1.00. The Hall–Kier alpha value is -0.0800. The molecule has 0 saturated heterocycles. The molecule has 54 valence electrons. The topological polar surface area (TPSA) is 38.0 Å². The largest absolute Gasteiger partial charge is 0.271 e. The molecule has 1 atom stereocenters. The van der Waals surface area contributed by atoms with E-state index >= 15 is 0 Å². The molecule has 1 saturated carbocycles. The van der Waals surface area contributed by atoms with E-state index in [1.54, 1.807) is 0 Å². The van der Waals surface area contributed by atoms with Gasteiger partial charge in [0.2, 0.25) is 0 Å². The van der Waals surface area contributed by atoms with Crippen LogP contribution in [0.25, 0.3) is 0 Å². The lowest BCUT2D eigenvalue weighted by Crippen LogP contribution is -2.35. The molecule has 1 aliphatic carbocycles. The van der Waals surface area contributed by atoms with Crippen molar-refractivity contribution in [2.45, 2.75) is 38.6 Å². The molecule has 2 nitrogen and oxygen atoms in total. The SMILES string of the molecule is CC(CC1CCC1)NN. The zero-order chi connectivity index (χ0) is 6.69. The molecular weight excluding hydrogens is 112 g/mol. The lowest BCUT2D eigenvalue weighted by Gasteiger charge is -2.27. The highest BCUT2D eigenvalue weighted by atomic mass is 15.2. The highest BCUT2D eigenvalue weighted by Gasteiger charge is 2.18. The minimum absolute atomic E-state index is 0.510. The van der Waals surface area contributed by atoms with E-state index in [1.807, 2.05) is 0 Å². The summed E-state index contributed by atoms with van der Waals surface area (Å²) in [4.78, 5) is 0. The van der Waals surface area contributed by atoms with E-state index in [9.17, 15) is 0 Å². The van der Waals surface area contributed by atoms with Gasteiger partial charge in [0.25, 0.3) is 0 Å². The van der Waals surface area contributed by atoms with Gasteiger partial charge < -0.3 is 0 Å². The van der Waals surface area contributed by atoms with Gasteiger partial charge in [-0.05, 0) is 19.3 Å². The van der Waals surface area contributed by atoms with Crippen LogP contribution in [-0.2, 0) is 0 Å². The van der Waals surface area contributed by atoms with E-state index in [1.165, 1.54) is 25.7 Å². The van der Waals surface area contributed by atoms with Crippen molar-refractivity contribution in [3.05, 3.63) is 0 Å². The third-order valence-corrected chi connectivity index (χ3v) is 2.20. The molecule has 0 bridgehead atoms. The fourth-order valence-corrected chi connectivity index (χ4v) is 1.30. The lowest BCUT2D eigenvalue weighted by atomic mass is 9.81. The minimum Gasteiger partial charge on any atom is -0.271 e. The van der Waals surface area contributed by atoms with Gasteiger partial charge in [0, 0.05) is 6.04 Å². The molecule has 1 unspecified atom stereocenters. The van der Waals surface area contributed by atoms with E-state index in [2.05, 4.69) is 12.3 Å². The Morgan fingerprint density at radius 1 is 1.67 bits per heavy atom. The number of hydrogen-bond acceptors (Lipinski definition) is 2. The van der Waals surface area contributed by atoms with Crippen LogP contribution in [0.2, 0.25) is 0 Å². The molecule has 0 radical (unpaired) electrons. The summed E-state index contributed by atoms with van der Waals surface area (Å²) in [6.07, 6.45) is 5.54. The molecule has 0 amide bonds. The van der Waals surface area contributed by atoms with Crippen LogP contribution in [0.15, 0.2) is 0 Å². The van der Waals surface area contributed by atoms with Gasteiger partial charge in [-0.2, -0.15) is 0 Å². The van der Waals surface area contributed by atoms with Crippen molar-refractivity contribution in [2.75, 3.05) is 0 Å². The van der Waals surface area contributed by atoms with Gasteiger partial charge in [-0.15, -0.1) is 0 Å². The molecule has 9 heavy (non-hydrogen) atoms. The molecule has 1 rings (SSSR count). The van der Waals surface area contributed by atoms with E-state index < -0.39 is 0 Å². The molecule has 2 heteroatoms. The zero-order valence-electron chi connectivity index (χ0n) is 6.06. The van der Waals surface area contributed by atoms with Crippen molar-refractivity contribution < 1.29 is 0 Å². The summed E-state index contributed by atoms with van der Waals surface area (Å²) in [5.41, 5.74) is 2.76. The number of nitrogens with two attached hydrogens (primary N) is 1. The Labute approximate surface area is 56.8 Å². The molecule has 0 spiro atoms. The van der Waals surface area contributed by atoms with Crippen molar-refractivity contribution in [1.29, 1.82) is 0 Å². The maximum Gasteiger partial charge on any atom is 0.0184 e. The Balaban J connectivity index is 2.01. The standard InChI is InChI=1S/C7H16N2/c1-6(9-8)5-7-3-2-4-7/h6-7,9H,2-5,8H2,1H3. The Morgan fingerprint density at radius 3 is 2.67 bits per heavy atom. The number of hydrazine groups is 1. The molecule has 0 aromatic carbocycles. The van der Waals surface area contributed by atoms with E-state index in [0.29, 0.717) is 6.04 Å². The average molecular weight is 128 g/mol. The maximum atomic E-state index is 5.25. The van der Waals surface area contributed by atoms with Crippen molar-refractivity contribution in [3.63, 3.8) is 0 Å². The summed E-state index contributed by atoms with van der Waals surface area (Å²) >= 11 is 0. The lowest BCUT2D eigenvalue weighted by molar-refractivity contribution is 0.267. The van der Waals surface area contributed by atoms with Crippen LogP contribution in [0.5, 0.6) is 0 Å². The normalized spacial score (nSPS) is 23.3. The van der Waals surface area contributed by atoms with Crippen LogP contribution in [0.3, 0.4) is 0 Å². The first-order chi connectivity index (χ1) is 4.33. The first kappa shape index (κ1) is 7.03. The summed E-state index contributed by atoms with van der Waals surface area (Å²) in [5.74, 6) is 6.22. The van der Waals surface area contributed by atoms with Crippen LogP contribution in [0.1, 0.15) is 32.6 Å². The van der Waals surface area contributed by atoms with Gasteiger partial charge in [-0.1, -0.05) is 19.3 Å². The van der Waals surface area contributed by atoms with Gasteiger partial charge >= 0.3 is 0 Å². The molecule has 0 heterocycles. The predicted molar refractivity (Wildman–Crippen MR) is 38.7 cm³/mol. The van der Waals surface area contributed by atoms with Gasteiger partial charge in [-0.25, -0.2) is 0 Å². The van der Waals surface area contributed by atoms with Crippen LogP contribution in [-0.4, -0.2) is 6.04 Å². The molecule has 1 fully saturated rings. The molecule has 0 aromatic heterocycles. The molecule has 3 N–H and O–H groups in total. The molecule has 0 aromatic rings. The summed E-state index contributed by atoms with van der Waals surface area (Å²) in [6, 6.07) is 0.510. The third-order valence-electron chi connectivity index (χ3n) is 2.20. The summed E-state index contributed by atoms with van der Waals surface area (Å²) in [5, 5.41) is 0. The van der Waals surface area contributed by atoms with Gasteiger partial charge in [0.1, 0.15) is 0 Å². The van der Waals surface area contributed by atoms with Crippen molar-refractivity contribution >= 4 is 0 Å². The van der Waals surface area contributed by atoms with Crippen molar-refractivity contribution in [2.24, 2.45) is 11.8 Å². The zero-order valence-corrected chi connectivity index (χ0v) is 6.06. The Kier molecular flexibility index (Phi) is 2.49. The van der Waals surface area contributed by atoms with E-state index in [4.69, 9.17) is 5.84 Å². The molecule has 0 aliphatic heterocycles. The second kappa shape index (κ2) is 3.18. The first-order valence-corrected chi connectivity index (χ1v) is 3.79. The summed E-state index contributed by atoms with van der Waals surface area (Å²) < 4.78 is 0. The summed E-state index contributed by atoms with van der Waals surface area (Å²) in [6.45, 7) is 2.14. The van der Waals surface area contributed by atoms with E-state index in [-0.39, 0.29) is 0 Å². The predicted octanol–water partition coefficient (Wildman–Crippen LogP) is 1.03. The van der Waals surface area contributed by atoms with Gasteiger partial charge in [-0.3, -0.25) is 11.3 Å². The Morgan fingerprint density at radius 2 is 2.33 bits per heavy atom. The number of hydrogen-bond donors (Lipinski definition) is 2. The number of nitrogens with one attached hydrogen (secondary N) is 1. The van der Waals surface area contributed by atoms with Crippen LogP contribution in [0, 0.1) is 5.92 Å². The Bertz CT molecular complexity index is 76.2. The maximum absolute atomic E-state index is 5.25. The highest BCUT2D eigenvalue weighted by molar-refractivity contribution is 4.73. The molecule has 1 aliphatic rings. The van der Waals surface area contributed by atoms with Gasteiger partial charge in [0.15, 0.2) is 0 Å². The molecular formula is C7H16N2. The average Bonchev–Trinajstić information content (AvgIpc) is 1.78. The van der Waals surface area contributed by atoms with E-state index in [0.717, 1.165) is 5.92 Å². The fourth-order valence-electron chi connectivity index (χ4n) is 1.30. The second-order valence-corrected chi connectivity index (χ2v) is 3.10. The smallest absolute Gasteiger partial charge is 0.0184 e. The van der Waals surface area contributed by atoms with Crippen LogP contribution >= 0.6 is 0 Å².